The van der Waals surface area contributed by atoms with Crippen LogP contribution in [0.25, 0.3) is 0 Å². The smallest absolute Gasteiger partial charge is 0.387 e. The van der Waals surface area contributed by atoms with Crippen LogP contribution < -0.4 is 5.73 Å². The average Bonchev–Trinajstić information content (AvgIpc) is 2.95. The van der Waals surface area contributed by atoms with Gasteiger partial charge < -0.3 is 5.73 Å². The Kier molecular flexibility index (Phi) is 15.1. The van der Waals surface area contributed by atoms with Crippen LogP contribution in [0.5, 0.6) is 0 Å². The van der Waals surface area contributed by atoms with Crippen molar-refractivity contribution in [1.82, 2.24) is 0 Å². The quantitative estimate of drug-likeness (QED) is 0.0943. The summed E-state index contributed by atoms with van der Waals surface area (Å²) in [5.74, 6) is -0.647. The third-order valence-electron chi connectivity index (χ3n) is 6.19. The molecule has 0 atom stereocenters. The van der Waals surface area contributed by atoms with E-state index in [4.69, 9.17) is 5.73 Å². The number of hydrogen-bond acceptors (Lipinski definition) is 3. The number of halogens is 4. The monoisotopic (exact) mass is 584 g/mol. The molecule has 0 fully saturated rings. The Morgan fingerprint density at radius 3 is 1.69 bits per heavy atom. The second-order valence-electron chi connectivity index (χ2n) is 9.63. The molecule has 0 heterocycles. The minimum Gasteiger partial charge on any atom is -0.387 e. The zero-order valence-corrected chi connectivity index (χ0v) is 25.1. The summed E-state index contributed by atoms with van der Waals surface area (Å²) in [6.45, 7) is 10.7. The molecular weight excluding hydrogens is 544 g/mol. The average molecular weight is 585 g/mol. The largest absolute Gasteiger partial charge is 0.416 e. The molecule has 0 saturated carbocycles. The summed E-state index contributed by atoms with van der Waals surface area (Å²) in [5.41, 5.74) is 8.47. The third-order valence-corrected chi connectivity index (χ3v) is 6.19. The van der Waals surface area contributed by atoms with Gasteiger partial charge in [0.2, 0.25) is 0 Å². The highest BCUT2D eigenvalue weighted by Crippen LogP contribution is 2.30. The van der Waals surface area contributed by atoms with Crippen molar-refractivity contribution in [2.45, 2.75) is 72.9 Å². The molecule has 3 rings (SSSR count). The summed E-state index contributed by atoms with van der Waals surface area (Å²) in [5, 5.41) is 0. The van der Waals surface area contributed by atoms with Gasteiger partial charge in [-0.05, 0) is 62.9 Å². The van der Waals surface area contributed by atoms with Crippen molar-refractivity contribution in [1.29, 1.82) is 0 Å². The van der Waals surface area contributed by atoms with Crippen LogP contribution in [0.3, 0.4) is 0 Å². The van der Waals surface area contributed by atoms with Crippen LogP contribution in [0.2, 0.25) is 0 Å². The highest BCUT2D eigenvalue weighted by Gasteiger charge is 2.31. The molecule has 3 aromatic carbocycles. The maximum atomic E-state index is 12.9. The molecule has 0 saturated heterocycles. The van der Waals surface area contributed by atoms with E-state index in [-0.39, 0.29) is 11.3 Å². The Labute approximate surface area is 246 Å². The molecule has 0 amide bonds. The van der Waals surface area contributed by atoms with E-state index < -0.39 is 23.3 Å². The van der Waals surface area contributed by atoms with E-state index in [1.54, 1.807) is 13.8 Å². The van der Waals surface area contributed by atoms with Gasteiger partial charge in [0.1, 0.15) is 5.82 Å². The fraction of sp³-hybridized carbons (Fsp3) is 0.324. The number of nitrogens with two attached hydrogens (primary N) is 1. The molecular formula is C34H40F4N2O2. The van der Waals surface area contributed by atoms with Gasteiger partial charge in [-0.2, -0.15) is 13.2 Å². The molecule has 2 N–H and O–H groups in total. The molecule has 0 spiro atoms. The minimum atomic E-state index is -4.59. The number of rotatable bonds is 8. The van der Waals surface area contributed by atoms with Gasteiger partial charge >= 0.3 is 6.18 Å². The molecule has 8 heteroatoms. The van der Waals surface area contributed by atoms with E-state index in [2.05, 4.69) is 79.5 Å². The highest BCUT2D eigenvalue weighted by atomic mass is 19.4. The zero-order valence-electron chi connectivity index (χ0n) is 25.1. The lowest BCUT2D eigenvalue weighted by atomic mass is 9.93. The number of carbonyl (C=O) groups is 2. The molecule has 0 aliphatic carbocycles. The lowest BCUT2D eigenvalue weighted by Crippen LogP contribution is -2.08. The highest BCUT2D eigenvalue weighted by molar-refractivity contribution is 5.95. The van der Waals surface area contributed by atoms with Crippen molar-refractivity contribution in [2.75, 3.05) is 0 Å². The second-order valence-corrected chi connectivity index (χ2v) is 9.63. The maximum Gasteiger partial charge on any atom is 0.416 e. The molecule has 0 aliphatic rings. The van der Waals surface area contributed by atoms with E-state index in [9.17, 15) is 27.2 Å². The zero-order chi connectivity index (χ0) is 31.9. The second kappa shape index (κ2) is 17.7. The molecule has 3 aromatic rings. The Bertz CT molecular complexity index is 1310. The number of alkyl halides is 3. The van der Waals surface area contributed by atoms with Crippen LogP contribution in [0.1, 0.15) is 93.8 Å². The first-order chi connectivity index (χ1) is 19.7. The van der Waals surface area contributed by atoms with Crippen LogP contribution >= 0.6 is 0 Å². The van der Waals surface area contributed by atoms with Gasteiger partial charge in [0.25, 0.3) is 0 Å². The molecule has 226 valence electrons. The number of nitrogens with zero attached hydrogens (tertiary/aromatic N) is 1. The van der Waals surface area contributed by atoms with Crippen LogP contribution in [0.15, 0.2) is 95.1 Å². The Morgan fingerprint density at radius 2 is 1.36 bits per heavy atom. The lowest BCUT2D eigenvalue weighted by Gasteiger charge is -2.11. The van der Waals surface area contributed by atoms with Gasteiger partial charge in [0.15, 0.2) is 11.6 Å². The van der Waals surface area contributed by atoms with Crippen LogP contribution in [-0.4, -0.2) is 17.4 Å². The lowest BCUT2D eigenvalue weighted by molar-refractivity contribution is -0.137. The first kappa shape index (κ1) is 36.0. The summed E-state index contributed by atoms with van der Waals surface area (Å²) in [7, 11) is 0. The van der Waals surface area contributed by atoms with Gasteiger partial charge in [-0.3, -0.25) is 9.59 Å². The first-order valence-corrected chi connectivity index (χ1v) is 13.7. The predicted octanol–water partition coefficient (Wildman–Crippen LogP) is 9.30. The summed E-state index contributed by atoms with van der Waals surface area (Å²) in [4.78, 5) is 26.2. The molecule has 0 radical (unpaired) electrons. The number of amidine groups is 1. The van der Waals surface area contributed by atoms with Gasteiger partial charge in [-0.1, -0.05) is 87.9 Å². The fourth-order valence-corrected chi connectivity index (χ4v) is 4.00. The number of hydrogen-bond donors (Lipinski definition) is 1. The van der Waals surface area contributed by atoms with E-state index in [1.165, 1.54) is 11.1 Å². The van der Waals surface area contributed by atoms with E-state index in [1.807, 2.05) is 6.92 Å². The number of Topliss-reactive ketones (excluding diaryl/α,β-unsaturated/α-hetero) is 2. The molecule has 42 heavy (non-hydrogen) atoms. The van der Waals surface area contributed by atoms with Crippen molar-refractivity contribution < 1.29 is 27.2 Å². The molecule has 4 nitrogen and oxygen atoms in total. The maximum absolute atomic E-state index is 12.9. The van der Waals surface area contributed by atoms with Crippen molar-refractivity contribution in [2.24, 2.45) is 10.7 Å². The standard InChI is InChI=1S/C14H14.C11H20N2O.C9H6F4O/c1-12(13-8-4-2-5-9-13)14-10-6-3-7-11-14;1-5-7-10(8(3)14)11(6-2)13-9(4)12;1-5(14)7-3-2-6(4-8(7)10)9(11,12)13/h2-12H,1H3;5-7H2,1-4H3,(H2,12,13);2-4H,1H3/b;11-10-;. The third kappa shape index (κ3) is 12.2. The van der Waals surface area contributed by atoms with Crippen LogP contribution in [0.4, 0.5) is 17.6 Å². The SMILES string of the molecule is CC(=O)c1ccc(C(F)(F)F)cc1F.CC(c1ccccc1)c1ccccc1.CCC/C(C(C)=O)=C(\CC)N=C(C)N. The molecule has 0 aromatic heterocycles. The Balaban J connectivity index is 0.000000315. The summed E-state index contributed by atoms with van der Waals surface area (Å²) < 4.78 is 49.1. The van der Waals surface area contributed by atoms with Crippen LogP contribution in [0, 0.1) is 5.82 Å². The number of ketones is 2. The number of aliphatic imine (C=N–C) groups is 1. The topological polar surface area (TPSA) is 72.5 Å². The molecule has 0 aliphatic heterocycles. The number of carbonyl (C=O) groups excluding carboxylic acids is 2. The normalized spacial score (nSPS) is 11.9. The number of allylic oxidation sites excluding steroid dienone is 2. The Hall–Kier alpha value is -4.07. The van der Waals surface area contributed by atoms with E-state index in [0.717, 1.165) is 43.5 Å². The van der Waals surface area contributed by atoms with E-state index >= 15 is 0 Å². The fourth-order valence-electron chi connectivity index (χ4n) is 4.00. The van der Waals surface area contributed by atoms with Crippen molar-refractivity contribution >= 4 is 17.4 Å². The number of benzene rings is 3. The van der Waals surface area contributed by atoms with Crippen LogP contribution in [-0.2, 0) is 11.0 Å². The Morgan fingerprint density at radius 1 is 0.857 bits per heavy atom. The van der Waals surface area contributed by atoms with Gasteiger partial charge in [0.05, 0.1) is 17.0 Å². The minimum absolute atomic E-state index is 0.105. The molecule has 0 bridgehead atoms. The van der Waals surface area contributed by atoms with Crippen molar-refractivity contribution in [3.8, 4) is 0 Å². The molecule has 0 unspecified atom stereocenters. The van der Waals surface area contributed by atoms with Gasteiger partial charge in [-0.15, -0.1) is 0 Å². The first-order valence-electron chi connectivity index (χ1n) is 13.7. The summed E-state index contributed by atoms with van der Waals surface area (Å²) in [6.07, 6.45) is -2.09. The van der Waals surface area contributed by atoms with Crippen molar-refractivity contribution in [3.63, 3.8) is 0 Å². The predicted molar refractivity (Wildman–Crippen MR) is 162 cm³/mol. The van der Waals surface area contributed by atoms with Crippen molar-refractivity contribution in [3.05, 3.63) is 118 Å². The van der Waals surface area contributed by atoms with E-state index in [0.29, 0.717) is 23.9 Å². The summed E-state index contributed by atoms with van der Waals surface area (Å²) in [6, 6.07) is 23.0. The van der Waals surface area contributed by atoms with Gasteiger partial charge in [0, 0.05) is 17.2 Å². The summed E-state index contributed by atoms with van der Waals surface area (Å²) >= 11 is 0. The van der Waals surface area contributed by atoms with Gasteiger partial charge in [-0.25, -0.2) is 9.38 Å².